The van der Waals surface area contributed by atoms with E-state index in [0.29, 0.717) is 17.9 Å². The predicted molar refractivity (Wildman–Crippen MR) is 45.2 cm³/mol. The molecule has 13 heavy (non-hydrogen) atoms. The molecular formula is C9H9NO3. The first-order valence-electron chi connectivity index (χ1n) is 3.91. The summed E-state index contributed by atoms with van der Waals surface area (Å²) in [5.74, 6) is 0.230. The van der Waals surface area contributed by atoms with Gasteiger partial charge in [0, 0.05) is 11.1 Å². The summed E-state index contributed by atoms with van der Waals surface area (Å²) in [5, 5.41) is 0. The van der Waals surface area contributed by atoms with Crippen molar-refractivity contribution in [2.75, 3.05) is 6.79 Å². The number of hydrogen-bond acceptors (Lipinski definition) is 3. The number of hydrogen-bond donors (Lipinski definition) is 1. The maximum Gasteiger partial charge on any atom is 0.249 e. The fourth-order valence-corrected chi connectivity index (χ4v) is 1.33. The van der Waals surface area contributed by atoms with E-state index in [-0.39, 0.29) is 6.79 Å². The molecule has 68 valence electrons. The first-order chi connectivity index (χ1) is 6.29. The molecular weight excluding hydrogens is 170 g/mol. The van der Waals surface area contributed by atoms with Gasteiger partial charge in [-0.3, -0.25) is 4.79 Å². The molecule has 2 N–H and O–H groups in total. The normalized spacial score (nSPS) is 14.5. The lowest BCUT2D eigenvalue weighted by Gasteiger charge is -2.18. The second-order valence-electron chi connectivity index (χ2n) is 2.76. The Balaban J connectivity index is 2.52. The van der Waals surface area contributed by atoms with Gasteiger partial charge in [0.1, 0.15) is 5.75 Å². The third-order valence-electron chi connectivity index (χ3n) is 1.94. The number of fused-ring (bicyclic) bond motifs is 1. The summed E-state index contributed by atoms with van der Waals surface area (Å²) < 4.78 is 10.2. The van der Waals surface area contributed by atoms with E-state index in [1.807, 2.05) is 0 Å². The van der Waals surface area contributed by atoms with Crippen LogP contribution < -0.4 is 10.5 Å². The van der Waals surface area contributed by atoms with Gasteiger partial charge in [-0.1, -0.05) is 6.07 Å². The van der Waals surface area contributed by atoms with Crippen LogP contribution in [0.3, 0.4) is 0 Å². The zero-order valence-electron chi connectivity index (χ0n) is 6.95. The van der Waals surface area contributed by atoms with Gasteiger partial charge in [0.15, 0.2) is 6.79 Å². The fourth-order valence-electron chi connectivity index (χ4n) is 1.33. The van der Waals surface area contributed by atoms with Crippen molar-refractivity contribution in [1.29, 1.82) is 0 Å². The number of nitrogens with two attached hydrogens (primary N) is 1. The smallest absolute Gasteiger partial charge is 0.249 e. The number of benzene rings is 1. The van der Waals surface area contributed by atoms with E-state index in [1.54, 1.807) is 18.2 Å². The second-order valence-corrected chi connectivity index (χ2v) is 2.76. The van der Waals surface area contributed by atoms with Gasteiger partial charge in [0.25, 0.3) is 0 Å². The zero-order valence-corrected chi connectivity index (χ0v) is 6.95. The van der Waals surface area contributed by atoms with Crippen molar-refractivity contribution in [2.45, 2.75) is 6.61 Å². The van der Waals surface area contributed by atoms with Crippen LogP contribution in [0.4, 0.5) is 0 Å². The summed E-state index contributed by atoms with van der Waals surface area (Å²) in [7, 11) is 0. The van der Waals surface area contributed by atoms with Crippen molar-refractivity contribution in [3.05, 3.63) is 29.3 Å². The van der Waals surface area contributed by atoms with Gasteiger partial charge in [0.2, 0.25) is 5.91 Å². The Labute approximate surface area is 75.2 Å². The molecule has 0 spiro atoms. The molecule has 4 heteroatoms. The van der Waals surface area contributed by atoms with Gasteiger partial charge < -0.3 is 15.2 Å². The van der Waals surface area contributed by atoms with Crippen LogP contribution in [-0.4, -0.2) is 12.7 Å². The Kier molecular flexibility index (Phi) is 1.90. The minimum atomic E-state index is -0.453. The molecule has 1 aromatic rings. The monoisotopic (exact) mass is 179 g/mol. The lowest BCUT2D eigenvalue weighted by atomic mass is 10.1. The Hall–Kier alpha value is -1.55. The molecule has 1 aliphatic rings. The summed E-state index contributed by atoms with van der Waals surface area (Å²) in [6.07, 6.45) is 0. The summed E-state index contributed by atoms with van der Waals surface area (Å²) in [4.78, 5) is 11.0. The van der Waals surface area contributed by atoms with Gasteiger partial charge in [-0.25, -0.2) is 0 Å². The highest BCUT2D eigenvalue weighted by Crippen LogP contribution is 2.26. The van der Waals surface area contributed by atoms with E-state index in [4.69, 9.17) is 15.2 Å². The lowest BCUT2D eigenvalue weighted by Crippen LogP contribution is -2.19. The molecule has 1 aliphatic heterocycles. The molecule has 0 radical (unpaired) electrons. The standard InChI is InChI=1S/C9H9NO3/c10-9(11)6-2-1-3-8-7(6)4-12-5-13-8/h1-3H,4-5H2,(H2,10,11). The van der Waals surface area contributed by atoms with E-state index in [1.165, 1.54) is 0 Å². The highest BCUT2D eigenvalue weighted by atomic mass is 16.7. The van der Waals surface area contributed by atoms with E-state index in [9.17, 15) is 4.79 Å². The summed E-state index contributed by atoms with van der Waals surface area (Å²) in [5.41, 5.74) is 6.39. The van der Waals surface area contributed by atoms with Crippen LogP contribution in [0.15, 0.2) is 18.2 Å². The van der Waals surface area contributed by atoms with Crippen LogP contribution in [0.5, 0.6) is 5.75 Å². The van der Waals surface area contributed by atoms with Crippen molar-refractivity contribution in [2.24, 2.45) is 5.73 Å². The molecule has 4 nitrogen and oxygen atoms in total. The van der Waals surface area contributed by atoms with Crippen molar-refractivity contribution in [1.82, 2.24) is 0 Å². The molecule has 0 saturated carbocycles. The van der Waals surface area contributed by atoms with Crippen molar-refractivity contribution in [3.63, 3.8) is 0 Å². The third kappa shape index (κ3) is 1.36. The van der Waals surface area contributed by atoms with Crippen molar-refractivity contribution in [3.8, 4) is 5.75 Å². The molecule has 0 bridgehead atoms. The van der Waals surface area contributed by atoms with E-state index in [2.05, 4.69) is 0 Å². The Bertz CT molecular complexity index is 349. The number of ether oxygens (including phenoxy) is 2. The topological polar surface area (TPSA) is 61.6 Å². The maximum absolute atomic E-state index is 11.0. The average molecular weight is 179 g/mol. The molecule has 2 rings (SSSR count). The third-order valence-corrected chi connectivity index (χ3v) is 1.94. The number of carbonyl (C=O) groups excluding carboxylic acids is 1. The molecule has 0 aliphatic carbocycles. The lowest BCUT2D eigenvalue weighted by molar-refractivity contribution is -0.0167. The highest BCUT2D eigenvalue weighted by molar-refractivity contribution is 5.95. The SMILES string of the molecule is NC(=O)c1cccc2c1COCO2. The van der Waals surface area contributed by atoms with Gasteiger partial charge in [-0.15, -0.1) is 0 Å². The second kappa shape index (κ2) is 3.06. The average Bonchev–Trinajstić information content (AvgIpc) is 2.17. The molecule has 1 aromatic carbocycles. The zero-order chi connectivity index (χ0) is 9.26. The number of primary amides is 1. The Morgan fingerprint density at radius 1 is 1.46 bits per heavy atom. The van der Waals surface area contributed by atoms with Gasteiger partial charge in [-0.2, -0.15) is 0 Å². The van der Waals surface area contributed by atoms with Crippen LogP contribution in [0, 0.1) is 0 Å². The summed E-state index contributed by atoms with van der Waals surface area (Å²) >= 11 is 0. The maximum atomic E-state index is 11.0. The van der Waals surface area contributed by atoms with E-state index >= 15 is 0 Å². The Morgan fingerprint density at radius 2 is 2.31 bits per heavy atom. The highest BCUT2D eigenvalue weighted by Gasteiger charge is 2.16. The summed E-state index contributed by atoms with van der Waals surface area (Å²) in [6, 6.07) is 5.20. The van der Waals surface area contributed by atoms with Crippen LogP contribution in [0.2, 0.25) is 0 Å². The quantitative estimate of drug-likeness (QED) is 0.688. The van der Waals surface area contributed by atoms with Crippen molar-refractivity contribution < 1.29 is 14.3 Å². The van der Waals surface area contributed by atoms with Crippen LogP contribution in [0.1, 0.15) is 15.9 Å². The Morgan fingerprint density at radius 3 is 3.08 bits per heavy atom. The first-order valence-corrected chi connectivity index (χ1v) is 3.91. The minimum Gasteiger partial charge on any atom is -0.467 e. The number of rotatable bonds is 1. The molecule has 0 saturated heterocycles. The molecule has 1 amide bonds. The van der Waals surface area contributed by atoms with Crippen LogP contribution >= 0.6 is 0 Å². The predicted octanol–water partition coefficient (Wildman–Crippen LogP) is 0.652. The fraction of sp³-hybridized carbons (Fsp3) is 0.222. The molecule has 0 unspecified atom stereocenters. The van der Waals surface area contributed by atoms with Crippen LogP contribution in [-0.2, 0) is 11.3 Å². The molecule has 1 heterocycles. The van der Waals surface area contributed by atoms with Crippen molar-refractivity contribution >= 4 is 5.91 Å². The van der Waals surface area contributed by atoms with Gasteiger partial charge in [0.05, 0.1) is 6.61 Å². The van der Waals surface area contributed by atoms with E-state index in [0.717, 1.165) is 5.56 Å². The summed E-state index contributed by atoms with van der Waals surface area (Å²) in [6.45, 7) is 0.615. The number of amides is 1. The largest absolute Gasteiger partial charge is 0.467 e. The molecule has 0 fully saturated rings. The molecule has 0 aromatic heterocycles. The minimum absolute atomic E-state index is 0.231. The molecule has 0 atom stereocenters. The number of carbonyl (C=O) groups is 1. The van der Waals surface area contributed by atoms with Crippen LogP contribution in [0.25, 0.3) is 0 Å². The van der Waals surface area contributed by atoms with Gasteiger partial charge in [-0.05, 0) is 12.1 Å². The first kappa shape index (κ1) is 8.07. The van der Waals surface area contributed by atoms with Gasteiger partial charge >= 0.3 is 0 Å². The van der Waals surface area contributed by atoms with E-state index < -0.39 is 5.91 Å².